The number of likely N-dealkylation sites (N-methyl/N-ethyl adjacent to an activating group) is 1. The van der Waals surface area contributed by atoms with Crippen molar-refractivity contribution in [3.63, 3.8) is 0 Å². The molecule has 0 spiro atoms. The van der Waals surface area contributed by atoms with Crippen LogP contribution in [0.1, 0.15) is 5.56 Å². The normalized spacial score (nSPS) is 23.5. The second kappa shape index (κ2) is 2.64. The minimum absolute atomic E-state index is 0.400. The third-order valence-electron chi connectivity index (χ3n) is 1.88. The van der Waals surface area contributed by atoms with Gasteiger partial charge in [-0.05, 0) is 12.6 Å². The van der Waals surface area contributed by atoms with Gasteiger partial charge in [-0.1, -0.05) is 30.3 Å². The Hall–Kier alpha value is -0.860. The first-order valence-corrected chi connectivity index (χ1v) is 3.78. The van der Waals surface area contributed by atoms with Crippen molar-refractivity contribution in [3.05, 3.63) is 41.9 Å². The van der Waals surface area contributed by atoms with Crippen LogP contribution < -0.4 is 10.6 Å². The largest absolute Gasteiger partial charge is 0.303 e. The molecule has 0 saturated carbocycles. The number of rotatable bonds is 2. The molecule has 2 N–H and O–H groups in total. The zero-order valence-electron chi connectivity index (χ0n) is 6.46. The van der Waals surface area contributed by atoms with Gasteiger partial charge in [0.2, 0.25) is 0 Å². The molecule has 1 aliphatic heterocycles. The van der Waals surface area contributed by atoms with Crippen molar-refractivity contribution in [2.24, 2.45) is 0 Å². The van der Waals surface area contributed by atoms with Crippen LogP contribution in [0.15, 0.2) is 30.3 Å². The van der Waals surface area contributed by atoms with Gasteiger partial charge in [-0.2, -0.15) is 0 Å². The van der Waals surface area contributed by atoms with E-state index in [-0.39, 0.29) is 0 Å². The zero-order chi connectivity index (χ0) is 7.68. The fourth-order valence-electron chi connectivity index (χ4n) is 1.20. The smallest absolute Gasteiger partial charge is 0.0992 e. The van der Waals surface area contributed by atoms with E-state index in [1.54, 1.807) is 0 Å². The molecule has 1 aliphatic rings. The second-order valence-corrected chi connectivity index (χ2v) is 2.65. The Morgan fingerprint density at radius 1 is 1.27 bits per heavy atom. The highest BCUT2D eigenvalue weighted by molar-refractivity contribution is 5.39. The van der Waals surface area contributed by atoms with Crippen LogP contribution in [0.2, 0.25) is 0 Å². The monoisotopic (exact) mass is 147 g/mol. The summed E-state index contributed by atoms with van der Waals surface area (Å²) in [5.74, 6) is 0. The van der Waals surface area contributed by atoms with E-state index in [1.807, 2.05) is 13.1 Å². The van der Waals surface area contributed by atoms with E-state index in [0.29, 0.717) is 6.17 Å². The summed E-state index contributed by atoms with van der Waals surface area (Å²) >= 11 is 0. The highest BCUT2D eigenvalue weighted by Gasteiger charge is 2.36. The van der Waals surface area contributed by atoms with Crippen LogP contribution in [0.5, 0.6) is 0 Å². The van der Waals surface area contributed by atoms with Gasteiger partial charge in [0.1, 0.15) is 0 Å². The average Bonchev–Trinajstić information content (AvgIpc) is 2.85. The molecule has 1 unspecified atom stereocenters. The maximum absolute atomic E-state index is 3.24. The standard InChI is InChI=1S/C9H11N2/c1-10-9-8(11-9)7-5-3-2-4-6-7/h2-6,9-11H,1H3. The molecule has 1 radical (unpaired) electrons. The molecule has 0 bridgehead atoms. The molecule has 0 amide bonds. The van der Waals surface area contributed by atoms with Gasteiger partial charge in [0, 0.05) is 0 Å². The van der Waals surface area contributed by atoms with Crippen molar-refractivity contribution in [2.45, 2.75) is 6.17 Å². The minimum Gasteiger partial charge on any atom is -0.303 e. The van der Waals surface area contributed by atoms with E-state index in [2.05, 4.69) is 34.9 Å². The van der Waals surface area contributed by atoms with Crippen LogP contribution in [0.3, 0.4) is 0 Å². The first-order chi connectivity index (χ1) is 5.42. The third kappa shape index (κ3) is 1.27. The maximum atomic E-state index is 3.24. The summed E-state index contributed by atoms with van der Waals surface area (Å²) in [7, 11) is 1.95. The lowest BCUT2D eigenvalue weighted by molar-refractivity contribution is 0.795. The lowest BCUT2D eigenvalue weighted by Gasteiger charge is -1.93. The van der Waals surface area contributed by atoms with Crippen LogP contribution >= 0.6 is 0 Å². The molecular weight excluding hydrogens is 136 g/mol. The van der Waals surface area contributed by atoms with Gasteiger partial charge >= 0.3 is 0 Å². The van der Waals surface area contributed by atoms with Gasteiger partial charge < -0.3 is 5.32 Å². The van der Waals surface area contributed by atoms with Crippen molar-refractivity contribution in [1.82, 2.24) is 10.6 Å². The Balaban J connectivity index is 2.09. The molecular formula is C9H11N2. The summed E-state index contributed by atoms with van der Waals surface area (Å²) in [6, 6.07) is 11.7. The molecule has 57 valence electrons. The highest BCUT2D eigenvalue weighted by atomic mass is 15.3. The Morgan fingerprint density at radius 2 is 2.00 bits per heavy atom. The van der Waals surface area contributed by atoms with Crippen molar-refractivity contribution in [1.29, 1.82) is 0 Å². The van der Waals surface area contributed by atoms with E-state index < -0.39 is 0 Å². The Kier molecular flexibility index (Phi) is 1.64. The number of nitrogens with one attached hydrogen (secondary N) is 2. The second-order valence-electron chi connectivity index (χ2n) is 2.65. The third-order valence-corrected chi connectivity index (χ3v) is 1.88. The number of hydrogen-bond acceptors (Lipinski definition) is 2. The predicted octanol–water partition coefficient (Wildman–Crippen LogP) is 0.715. The van der Waals surface area contributed by atoms with Gasteiger partial charge in [0.15, 0.2) is 0 Å². The fourth-order valence-corrected chi connectivity index (χ4v) is 1.20. The van der Waals surface area contributed by atoms with Gasteiger partial charge in [-0.3, -0.25) is 5.32 Å². The van der Waals surface area contributed by atoms with Crippen molar-refractivity contribution in [3.8, 4) is 0 Å². The molecule has 0 aliphatic carbocycles. The van der Waals surface area contributed by atoms with Gasteiger partial charge in [-0.25, -0.2) is 0 Å². The van der Waals surface area contributed by atoms with Gasteiger partial charge in [0.25, 0.3) is 0 Å². The summed E-state index contributed by atoms with van der Waals surface area (Å²) < 4.78 is 0. The lowest BCUT2D eigenvalue weighted by atomic mass is 10.1. The summed E-state index contributed by atoms with van der Waals surface area (Å²) in [4.78, 5) is 0. The van der Waals surface area contributed by atoms with Crippen molar-refractivity contribution < 1.29 is 0 Å². The van der Waals surface area contributed by atoms with Crippen LogP contribution in [0.4, 0.5) is 0 Å². The topological polar surface area (TPSA) is 34.0 Å². The van der Waals surface area contributed by atoms with Crippen LogP contribution in [0, 0.1) is 6.04 Å². The van der Waals surface area contributed by atoms with E-state index in [9.17, 15) is 0 Å². The number of hydrogen-bond donors (Lipinski definition) is 2. The van der Waals surface area contributed by atoms with E-state index in [4.69, 9.17) is 0 Å². The quantitative estimate of drug-likeness (QED) is 0.604. The zero-order valence-corrected chi connectivity index (χ0v) is 6.46. The predicted molar refractivity (Wildman–Crippen MR) is 44.8 cm³/mol. The summed E-state index contributed by atoms with van der Waals surface area (Å²) in [5, 5.41) is 6.38. The summed E-state index contributed by atoms with van der Waals surface area (Å²) in [5.41, 5.74) is 1.28. The maximum Gasteiger partial charge on any atom is 0.0992 e. The van der Waals surface area contributed by atoms with Crippen LogP contribution in [0.25, 0.3) is 0 Å². The van der Waals surface area contributed by atoms with Gasteiger partial charge in [-0.15, -0.1) is 0 Å². The van der Waals surface area contributed by atoms with Crippen LogP contribution in [-0.4, -0.2) is 13.2 Å². The van der Waals surface area contributed by atoms with Crippen molar-refractivity contribution in [2.75, 3.05) is 7.05 Å². The minimum atomic E-state index is 0.400. The first kappa shape index (κ1) is 6.83. The molecule has 1 heterocycles. The Bertz CT molecular complexity index is 233. The molecule has 2 heteroatoms. The van der Waals surface area contributed by atoms with Crippen LogP contribution in [-0.2, 0) is 0 Å². The summed E-state index contributed by atoms with van der Waals surface area (Å²) in [6.07, 6.45) is 0.400. The van der Waals surface area contributed by atoms with E-state index in [0.717, 1.165) is 0 Å². The molecule has 2 rings (SSSR count). The summed E-state index contributed by atoms with van der Waals surface area (Å²) in [6.45, 7) is 0. The molecule has 1 fully saturated rings. The molecule has 1 saturated heterocycles. The van der Waals surface area contributed by atoms with Gasteiger partial charge in [0.05, 0.1) is 12.2 Å². The van der Waals surface area contributed by atoms with E-state index >= 15 is 0 Å². The molecule has 2 nitrogen and oxygen atoms in total. The lowest BCUT2D eigenvalue weighted by Crippen LogP contribution is -2.13. The molecule has 0 aromatic heterocycles. The average molecular weight is 147 g/mol. The van der Waals surface area contributed by atoms with Crippen molar-refractivity contribution >= 4 is 0 Å². The first-order valence-electron chi connectivity index (χ1n) is 3.78. The Morgan fingerprint density at radius 3 is 2.55 bits per heavy atom. The number of benzene rings is 1. The Labute approximate surface area is 66.6 Å². The molecule has 1 aromatic carbocycles. The molecule has 1 atom stereocenters. The molecule has 11 heavy (non-hydrogen) atoms. The fraction of sp³-hybridized carbons (Fsp3) is 0.222. The van der Waals surface area contributed by atoms with E-state index in [1.165, 1.54) is 11.6 Å². The SMILES string of the molecule is CNC1N[C]1c1ccccc1. The highest BCUT2D eigenvalue weighted by Crippen LogP contribution is 2.25. The molecule has 1 aromatic rings.